The quantitative estimate of drug-likeness (QED) is 0.228. The Morgan fingerprint density at radius 2 is 2.04 bits per heavy atom. The molecule has 1 aliphatic rings. The van der Waals surface area contributed by atoms with Gasteiger partial charge in [0.25, 0.3) is 0 Å². The standard InChI is InChI=1S/C17H36N4S.HI/c1-4-5-12-21-13-8-6-10-16(21)15-20-17(18-2)19-11-7-9-14-22-3;/h16H,4-15H2,1-3H3,(H2,18,19,20);1H. The molecular weight excluding hydrogens is 419 g/mol. The van der Waals surface area contributed by atoms with Crippen LogP contribution in [0, 0.1) is 0 Å². The molecule has 0 aromatic heterocycles. The van der Waals surface area contributed by atoms with Crippen molar-refractivity contribution in [2.75, 3.05) is 45.2 Å². The number of halogens is 1. The monoisotopic (exact) mass is 456 g/mol. The Labute approximate surface area is 165 Å². The van der Waals surface area contributed by atoms with Crippen LogP contribution in [0.4, 0.5) is 0 Å². The summed E-state index contributed by atoms with van der Waals surface area (Å²) < 4.78 is 0. The molecule has 138 valence electrons. The molecule has 23 heavy (non-hydrogen) atoms. The first-order chi connectivity index (χ1) is 10.8. The minimum Gasteiger partial charge on any atom is -0.356 e. The van der Waals surface area contributed by atoms with E-state index in [0.29, 0.717) is 6.04 Å². The second-order valence-electron chi connectivity index (χ2n) is 6.12. The van der Waals surface area contributed by atoms with Crippen LogP contribution in [0.2, 0.25) is 0 Å². The number of nitrogens with one attached hydrogen (secondary N) is 2. The summed E-state index contributed by atoms with van der Waals surface area (Å²) in [6.07, 6.45) is 11.3. The maximum Gasteiger partial charge on any atom is 0.191 e. The van der Waals surface area contributed by atoms with E-state index in [9.17, 15) is 0 Å². The highest BCUT2D eigenvalue weighted by Gasteiger charge is 2.21. The van der Waals surface area contributed by atoms with E-state index in [1.54, 1.807) is 0 Å². The summed E-state index contributed by atoms with van der Waals surface area (Å²) >= 11 is 1.92. The third kappa shape index (κ3) is 10.7. The van der Waals surface area contributed by atoms with Crippen molar-refractivity contribution >= 4 is 41.7 Å². The van der Waals surface area contributed by atoms with E-state index in [4.69, 9.17) is 0 Å². The van der Waals surface area contributed by atoms with Gasteiger partial charge in [0.2, 0.25) is 0 Å². The smallest absolute Gasteiger partial charge is 0.191 e. The van der Waals surface area contributed by atoms with Crippen LogP contribution in [-0.2, 0) is 0 Å². The Morgan fingerprint density at radius 3 is 2.74 bits per heavy atom. The fourth-order valence-electron chi connectivity index (χ4n) is 2.96. The molecule has 6 heteroatoms. The molecule has 1 aliphatic heterocycles. The number of guanidine groups is 1. The first kappa shape index (κ1) is 23.3. The second-order valence-corrected chi connectivity index (χ2v) is 7.10. The zero-order valence-electron chi connectivity index (χ0n) is 15.3. The molecule has 1 atom stereocenters. The average Bonchev–Trinajstić information content (AvgIpc) is 2.56. The fourth-order valence-corrected chi connectivity index (χ4v) is 3.45. The molecule has 0 aromatic carbocycles. The van der Waals surface area contributed by atoms with Crippen LogP contribution in [0.1, 0.15) is 51.9 Å². The van der Waals surface area contributed by atoms with Crippen molar-refractivity contribution in [3.05, 3.63) is 0 Å². The van der Waals surface area contributed by atoms with Gasteiger partial charge in [0.15, 0.2) is 5.96 Å². The van der Waals surface area contributed by atoms with Gasteiger partial charge in [-0.25, -0.2) is 0 Å². The lowest BCUT2D eigenvalue weighted by atomic mass is 10.0. The van der Waals surface area contributed by atoms with Crippen LogP contribution in [0.3, 0.4) is 0 Å². The maximum absolute atomic E-state index is 4.35. The molecule has 0 spiro atoms. The van der Waals surface area contributed by atoms with Gasteiger partial charge in [-0.3, -0.25) is 9.89 Å². The van der Waals surface area contributed by atoms with E-state index in [-0.39, 0.29) is 24.0 Å². The molecule has 1 saturated heterocycles. The van der Waals surface area contributed by atoms with Crippen molar-refractivity contribution in [3.63, 3.8) is 0 Å². The molecule has 0 aliphatic carbocycles. The Hall–Kier alpha value is 0.310. The Kier molecular flexibility index (Phi) is 16.0. The summed E-state index contributed by atoms with van der Waals surface area (Å²) in [4.78, 5) is 7.02. The maximum atomic E-state index is 4.35. The third-order valence-electron chi connectivity index (χ3n) is 4.34. The van der Waals surface area contributed by atoms with Gasteiger partial charge in [-0.05, 0) is 57.2 Å². The lowest BCUT2D eigenvalue weighted by Crippen LogP contribution is -2.49. The van der Waals surface area contributed by atoms with Crippen LogP contribution in [0.15, 0.2) is 4.99 Å². The highest BCUT2D eigenvalue weighted by molar-refractivity contribution is 14.0. The van der Waals surface area contributed by atoms with E-state index in [2.05, 4.69) is 33.7 Å². The number of piperidine rings is 1. The Bertz CT molecular complexity index is 302. The number of aliphatic imine (C=N–C) groups is 1. The SMILES string of the molecule is CCCCN1CCCCC1CNC(=NC)NCCCCSC.I. The Morgan fingerprint density at radius 1 is 1.22 bits per heavy atom. The van der Waals surface area contributed by atoms with Crippen LogP contribution in [0.25, 0.3) is 0 Å². The van der Waals surface area contributed by atoms with Crippen molar-refractivity contribution in [3.8, 4) is 0 Å². The number of unbranched alkanes of at least 4 members (excludes halogenated alkanes) is 2. The van der Waals surface area contributed by atoms with Crippen LogP contribution < -0.4 is 10.6 Å². The molecule has 1 fully saturated rings. The predicted octanol–water partition coefficient (Wildman–Crippen LogP) is 3.57. The van der Waals surface area contributed by atoms with Gasteiger partial charge in [0.05, 0.1) is 0 Å². The molecule has 2 N–H and O–H groups in total. The van der Waals surface area contributed by atoms with E-state index in [1.807, 2.05) is 18.8 Å². The van der Waals surface area contributed by atoms with Crippen molar-refractivity contribution < 1.29 is 0 Å². The molecule has 0 amide bonds. The number of hydrogen-bond acceptors (Lipinski definition) is 3. The van der Waals surface area contributed by atoms with Crippen LogP contribution >= 0.6 is 35.7 Å². The number of thioether (sulfide) groups is 1. The van der Waals surface area contributed by atoms with Crippen molar-refractivity contribution in [2.45, 2.75) is 57.9 Å². The van der Waals surface area contributed by atoms with Crippen molar-refractivity contribution in [1.82, 2.24) is 15.5 Å². The van der Waals surface area contributed by atoms with Crippen molar-refractivity contribution in [2.24, 2.45) is 4.99 Å². The predicted molar refractivity (Wildman–Crippen MR) is 117 cm³/mol. The van der Waals surface area contributed by atoms with Gasteiger partial charge in [-0.2, -0.15) is 11.8 Å². The highest BCUT2D eigenvalue weighted by Crippen LogP contribution is 2.16. The first-order valence-electron chi connectivity index (χ1n) is 8.99. The van der Waals surface area contributed by atoms with Crippen LogP contribution in [0.5, 0.6) is 0 Å². The number of rotatable bonds is 10. The number of likely N-dealkylation sites (tertiary alicyclic amines) is 1. The van der Waals surface area contributed by atoms with Gasteiger partial charge in [-0.15, -0.1) is 24.0 Å². The summed E-state index contributed by atoms with van der Waals surface area (Å²) in [6.45, 7) is 6.84. The molecule has 0 saturated carbocycles. The normalized spacial score (nSPS) is 19.3. The zero-order valence-corrected chi connectivity index (χ0v) is 18.4. The molecule has 1 unspecified atom stereocenters. The lowest BCUT2D eigenvalue weighted by molar-refractivity contribution is 0.147. The molecule has 1 heterocycles. The largest absolute Gasteiger partial charge is 0.356 e. The molecule has 0 aromatic rings. The lowest BCUT2D eigenvalue weighted by Gasteiger charge is -2.36. The summed E-state index contributed by atoms with van der Waals surface area (Å²) in [5.41, 5.74) is 0. The highest BCUT2D eigenvalue weighted by atomic mass is 127. The van der Waals surface area contributed by atoms with Gasteiger partial charge >= 0.3 is 0 Å². The first-order valence-corrected chi connectivity index (χ1v) is 10.4. The molecule has 1 rings (SSSR count). The van der Waals surface area contributed by atoms with E-state index < -0.39 is 0 Å². The minimum absolute atomic E-state index is 0. The van der Waals surface area contributed by atoms with Gasteiger partial charge < -0.3 is 10.6 Å². The van der Waals surface area contributed by atoms with Crippen molar-refractivity contribution in [1.29, 1.82) is 0 Å². The fraction of sp³-hybridized carbons (Fsp3) is 0.941. The summed E-state index contributed by atoms with van der Waals surface area (Å²) in [6, 6.07) is 0.676. The van der Waals surface area contributed by atoms with Gasteiger partial charge in [0.1, 0.15) is 0 Å². The molecular formula is C17H37IN4S. The second kappa shape index (κ2) is 15.8. The number of nitrogens with zero attached hydrogens (tertiary/aromatic N) is 2. The van der Waals surface area contributed by atoms with Gasteiger partial charge in [-0.1, -0.05) is 19.8 Å². The van der Waals surface area contributed by atoms with E-state index in [1.165, 1.54) is 63.8 Å². The molecule has 4 nitrogen and oxygen atoms in total. The number of hydrogen-bond donors (Lipinski definition) is 2. The summed E-state index contributed by atoms with van der Waals surface area (Å²) in [5.74, 6) is 2.22. The summed E-state index contributed by atoms with van der Waals surface area (Å²) in [7, 11) is 1.87. The minimum atomic E-state index is 0. The molecule has 0 radical (unpaired) electrons. The summed E-state index contributed by atoms with van der Waals surface area (Å²) in [5, 5.41) is 6.97. The van der Waals surface area contributed by atoms with E-state index in [0.717, 1.165) is 19.0 Å². The third-order valence-corrected chi connectivity index (χ3v) is 5.04. The van der Waals surface area contributed by atoms with Crippen LogP contribution in [-0.4, -0.2) is 62.1 Å². The molecule has 0 bridgehead atoms. The Balaban J connectivity index is 0.00000484. The average molecular weight is 456 g/mol. The van der Waals surface area contributed by atoms with Gasteiger partial charge in [0, 0.05) is 26.2 Å². The zero-order chi connectivity index (χ0) is 16.0. The topological polar surface area (TPSA) is 39.7 Å². The van der Waals surface area contributed by atoms with E-state index >= 15 is 0 Å².